The van der Waals surface area contributed by atoms with Crippen molar-refractivity contribution < 1.29 is 4.74 Å². The van der Waals surface area contributed by atoms with E-state index in [1.807, 2.05) is 31.6 Å². The minimum atomic E-state index is -0.388. The molecule has 21 heavy (non-hydrogen) atoms. The number of nitriles is 1. The lowest BCUT2D eigenvalue weighted by Crippen LogP contribution is -2.48. The molecule has 1 aliphatic heterocycles. The van der Waals surface area contributed by atoms with Gasteiger partial charge in [0.25, 0.3) is 0 Å². The Kier molecular flexibility index (Phi) is 3.35. The first kappa shape index (κ1) is 13.6. The van der Waals surface area contributed by atoms with Crippen molar-refractivity contribution in [3.63, 3.8) is 0 Å². The second-order valence-electron chi connectivity index (χ2n) is 5.42. The SMILES string of the molecule is Cn1cc([C@@]2(C)CN(c3ccc(C#N)nc3)CCO2)cn1. The molecule has 3 heterocycles. The number of hydrogen-bond donors (Lipinski definition) is 0. The highest BCUT2D eigenvalue weighted by Gasteiger charge is 2.35. The minimum absolute atomic E-state index is 0.388. The van der Waals surface area contributed by atoms with Gasteiger partial charge in [-0.2, -0.15) is 10.4 Å². The molecule has 0 radical (unpaired) electrons. The Hall–Kier alpha value is -2.39. The molecule has 1 aliphatic rings. The average Bonchev–Trinajstić information content (AvgIpc) is 2.95. The third-order valence-corrected chi connectivity index (χ3v) is 3.82. The molecule has 0 unspecified atom stereocenters. The molecule has 1 atom stereocenters. The Morgan fingerprint density at radius 1 is 1.38 bits per heavy atom. The molecule has 6 heteroatoms. The predicted molar refractivity (Wildman–Crippen MR) is 77.7 cm³/mol. The van der Waals surface area contributed by atoms with Gasteiger partial charge in [0.05, 0.1) is 31.2 Å². The van der Waals surface area contributed by atoms with E-state index in [4.69, 9.17) is 10.00 Å². The lowest BCUT2D eigenvalue weighted by atomic mass is 9.96. The molecule has 0 aromatic carbocycles. The molecule has 0 amide bonds. The van der Waals surface area contributed by atoms with Crippen molar-refractivity contribution in [2.75, 3.05) is 24.6 Å². The summed E-state index contributed by atoms with van der Waals surface area (Å²) in [5.41, 5.74) is 2.12. The molecule has 2 aromatic rings. The smallest absolute Gasteiger partial charge is 0.140 e. The maximum atomic E-state index is 8.82. The van der Waals surface area contributed by atoms with Crippen LogP contribution < -0.4 is 4.90 Å². The van der Waals surface area contributed by atoms with E-state index in [2.05, 4.69) is 21.9 Å². The van der Waals surface area contributed by atoms with Gasteiger partial charge in [0.2, 0.25) is 0 Å². The van der Waals surface area contributed by atoms with Gasteiger partial charge in [-0.15, -0.1) is 0 Å². The van der Waals surface area contributed by atoms with Crippen molar-refractivity contribution >= 4 is 5.69 Å². The summed E-state index contributed by atoms with van der Waals surface area (Å²) < 4.78 is 7.78. The second-order valence-corrected chi connectivity index (χ2v) is 5.42. The number of ether oxygens (including phenoxy) is 1. The van der Waals surface area contributed by atoms with Crippen LogP contribution in [0, 0.1) is 11.3 Å². The lowest BCUT2D eigenvalue weighted by Gasteiger charge is -2.41. The maximum absolute atomic E-state index is 8.82. The minimum Gasteiger partial charge on any atom is -0.367 e. The zero-order valence-corrected chi connectivity index (χ0v) is 12.2. The van der Waals surface area contributed by atoms with Crippen molar-refractivity contribution in [1.82, 2.24) is 14.8 Å². The second kappa shape index (κ2) is 5.19. The summed E-state index contributed by atoms with van der Waals surface area (Å²) in [5, 5.41) is 13.0. The van der Waals surface area contributed by atoms with Crippen molar-refractivity contribution in [3.05, 3.63) is 42.0 Å². The van der Waals surface area contributed by atoms with Crippen LogP contribution in [0.4, 0.5) is 5.69 Å². The predicted octanol–water partition coefficient (Wildman–Crippen LogP) is 1.44. The molecule has 0 bridgehead atoms. The molecular formula is C15H17N5O. The Labute approximate surface area is 123 Å². The molecule has 0 aliphatic carbocycles. The molecule has 3 rings (SSSR count). The fraction of sp³-hybridized carbons (Fsp3) is 0.400. The number of rotatable bonds is 2. The van der Waals surface area contributed by atoms with Crippen molar-refractivity contribution in [2.45, 2.75) is 12.5 Å². The zero-order chi connectivity index (χ0) is 14.9. The highest BCUT2D eigenvalue weighted by Crippen LogP contribution is 2.31. The van der Waals surface area contributed by atoms with Crippen LogP contribution in [0.15, 0.2) is 30.7 Å². The summed E-state index contributed by atoms with van der Waals surface area (Å²) in [5.74, 6) is 0. The molecular weight excluding hydrogens is 266 g/mol. The third kappa shape index (κ3) is 2.60. The van der Waals surface area contributed by atoms with Gasteiger partial charge < -0.3 is 9.64 Å². The average molecular weight is 283 g/mol. The Morgan fingerprint density at radius 3 is 2.86 bits per heavy atom. The summed E-state index contributed by atoms with van der Waals surface area (Å²) in [7, 11) is 1.90. The maximum Gasteiger partial charge on any atom is 0.140 e. The standard InChI is InChI=1S/C15H17N5O/c1-15(12-8-18-19(2)10-12)11-20(5-6-21-15)14-4-3-13(7-16)17-9-14/h3-4,8-10H,5-6,11H2,1-2H3/t15-/m1/s1. The van der Waals surface area contributed by atoms with Crippen molar-refractivity contribution in [2.24, 2.45) is 7.05 Å². The molecule has 2 aromatic heterocycles. The van der Waals surface area contributed by atoms with Crippen LogP contribution in [-0.4, -0.2) is 34.5 Å². The first-order valence-corrected chi connectivity index (χ1v) is 6.85. The van der Waals surface area contributed by atoms with Crippen LogP contribution in [0.2, 0.25) is 0 Å². The van der Waals surface area contributed by atoms with Gasteiger partial charge in [0, 0.05) is 25.4 Å². The summed E-state index contributed by atoms with van der Waals surface area (Å²) in [6.45, 7) is 4.26. The number of pyridine rings is 1. The molecule has 108 valence electrons. The largest absolute Gasteiger partial charge is 0.367 e. The van der Waals surface area contributed by atoms with Crippen LogP contribution in [0.1, 0.15) is 18.2 Å². The highest BCUT2D eigenvalue weighted by atomic mass is 16.5. The topological polar surface area (TPSA) is 67.0 Å². The quantitative estimate of drug-likeness (QED) is 0.834. The fourth-order valence-electron chi connectivity index (χ4n) is 2.60. The summed E-state index contributed by atoms with van der Waals surface area (Å²) >= 11 is 0. The van der Waals surface area contributed by atoms with E-state index in [1.54, 1.807) is 16.9 Å². The van der Waals surface area contributed by atoms with Gasteiger partial charge >= 0.3 is 0 Å². The number of aryl methyl sites for hydroxylation is 1. The van der Waals surface area contributed by atoms with Crippen LogP contribution in [0.3, 0.4) is 0 Å². The third-order valence-electron chi connectivity index (χ3n) is 3.82. The molecule has 6 nitrogen and oxygen atoms in total. The van der Waals surface area contributed by atoms with Crippen molar-refractivity contribution in [1.29, 1.82) is 5.26 Å². The van der Waals surface area contributed by atoms with E-state index in [0.29, 0.717) is 12.3 Å². The monoisotopic (exact) mass is 283 g/mol. The number of nitrogens with zero attached hydrogens (tertiary/aromatic N) is 5. The van der Waals surface area contributed by atoms with Crippen molar-refractivity contribution in [3.8, 4) is 6.07 Å². The molecule has 0 saturated carbocycles. The fourth-order valence-corrected chi connectivity index (χ4v) is 2.60. The molecule has 1 saturated heterocycles. The summed E-state index contributed by atoms with van der Waals surface area (Å²) in [4.78, 5) is 6.36. The van der Waals surface area contributed by atoms with E-state index in [1.165, 1.54) is 0 Å². The van der Waals surface area contributed by atoms with E-state index in [-0.39, 0.29) is 5.60 Å². The van der Waals surface area contributed by atoms with Gasteiger partial charge in [0.15, 0.2) is 0 Å². The number of anilines is 1. The van der Waals surface area contributed by atoms with E-state index >= 15 is 0 Å². The number of morpholine rings is 1. The van der Waals surface area contributed by atoms with E-state index < -0.39 is 0 Å². The van der Waals surface area contributed by atoms with Crippen LogP contribution in [0.5, 0.6) is 0 Å². The number of hydrogen-bond acceptors (Lipinski definition) is 5. The van der Waals surface area contributed by atoms with Gasteiger partial charge in [0.1, 0.15) is 17.4 Å². The first-order valence-electron chi connectivity index (χ1n) is 6.85. The van der Waals surface area contributed by atoms with Crippen LogP contribution in [0.25, 0.3) is 0 Å². The Balaban J connectivity index is 1.83. The Morgan fingerprint density at radius 2 is 2.24 bits per heavy atom. The highest BCUT2D eigenvalue weighted by molar-refractivity contribution is 5.47. The molecule has 0 spiro atoms. The van der Waals surface area contributed by atoms with Gasteiger partial charge in [-0.1, -0.05) is 0 Å². The molecule has 1 fully saturated rings. The molecule has 0 N–H and O–H groups in total. The van der Waals surface area contributed by atoms with Gasteiger partial charge in [-0.25, -0.2) is 4.98 Å². The van der Waals surface area contributed by atoms with Gasteiger partial charge in [-0.3, -0.25) is 4.68 Å². The van der Waals surface area contributed by atoms with Crippen LogP contribution in [-0.2, 0) is 17.4 Å². The van der Waals surface area contributed by atoms with Gasteiger partial charge in [-0.05, 0) is 19.1 Å². The summed E-state index contributed by atoms with van der Waals surface area (Å²) in [6, 6.07) is 5.71. The Bertz CT molecular complexity index is 672. The normalized spacial score (nSPS) is 22.0. The first-order chi connectivity index (χ1) is 10.1. The van der Waals surface area contributed by atoms with E-state index in [9.17, 15) is 0 Å². The van der Waals surface area contributed by atoms with E-state index in [0.717, 1.165) is 24.3 Å². The van der Waals surface area contributed by atoms with Crippen LogP contribution >= 0.6 is 0 Å². The number of aromatic nitrogens is 3. The summed E-state index contributed by atoms with van der Waals surface area (Å²) in [6.07, 6.45) is 5.58. The zero-order valence-electron chi connectivity index (χ0n) is 12.2. The lowest BCUT2D eigenvalue weighted by molar-refractivity contribution is -0.0466.